The quantitative estimate of drug-likeness (QED) is 0.862. The van der Waals surface area contributed by atoms with Crippen molar-refractivity contribution in [1.29, 1.82) is 0 Å². The van der Waals surface area contributed by atoms with Crippen LogP contribution >= 0.6 is 0 Å². The SMILES string of the molecule is COc1ccc(/C=C/C(=O)Nc2cc(C)ccn2)cc1OC. The largest absolute Gasteiger partial charge is 0.493 e. The van der Waals surface area contributed by atoms with Gasteiger partial charge in [-0.1, -0.05) is 6.07 Å². The highest BCUT2D eigenvalue weighted by atomic mass is 16.5. The number of aromatic nitrogens is 1. The van der Waals surface area contributed by atoms with Crippen molar-refractivity contribution in [2.45, 2.75) is 6.92 Å². The highest BCUT2D eigenvalue weighted by Gasteiger charge is 2.03. The van der Waals surface area contributed by atoms with Crippen molar-refractivity contribution in [3.8, 4) is 11.5 Å². The molecule has 0 saturated heterocycles. The van der Waals surface area contributed by atoms with Gasteiger partial charge >= 0.3 is 0 Å². The summed E-state index contributed by atoms with van der Waals surface area (Å²) in [5.74, 6) is 1.55. The van der Waals surface area contributed by atoms with Gasteiger partial charge in [0.25, 0.3) is 0 Å². The molecule has 0 aliphatic carbocycles. The van der Waals surface area contributed by atoms with Gasteiger partial charge in [-0.25, -0.2) is 4.98 Å². The average molecular weight is 298 g/mol. The minimum Gasteiger partial charge on any atom is -0.493 e. The van der Waals surface area contributed by atoms with Crippen LogP contribution in [0.15, 0.2) is 42.6 Å². The molecule has 0 radical (unpaired) electrons. The van der Waals surface area contributed by atoms with Crippen LogP contribution in [0.1, 0.15) is 11.1 Å². The van der Waals surface area contributed by atoms with Gasteiger partial charge < -0.3 is 14.8 Å². The van der Waals surface area contributed by atoms with Crippen LogP contribution in [0.4, 0.5) is 5.82 Å². The summed E-state index contributed by atoms with van der Waals surface area (Å²) in [7, 11) is 3.15. The summed E-state index contributed by atoms with van der Waals surface area (Å²) in [6.07, 6.45) is 4.81. The maximum Gasteiger partial charge on any atom is 0.249 e. The number of rotatable bonds is 5. The van der Waals surface area contributed by atoms with Crippen molar-refractivity contribution in [1.82, 2.24) is 4.98 Å². The summed E-state index contributed by atoms with van der Waals surface area (Å²) >= 11 is 0. The van der Waals surface area contributed by atoms with Crippen LogP contribution in [0, 0.1) is 6.92 Å². The first-order valence-corrected chi connectivity index (χ1v) is 6.76. The molecule has 0 unspecified atom stereocenters. The van der Waals surface area contributed by atoms with E-state index in [0.29, 0.717) is 17.3 Å². The maximum atomic E-state index is 11.9. The number of nitrogens with zero attached hydrogens (tertiary/aromatic N) is 1. The molecule has 1 N–H and O–H groups in total. The van der Waals surface area contributed by atoms with Crippen LogP contribution in [-0.4, -0.2) is 25.1 Å². The zero-order chi connectivity index (χ0) is 15.9. The molecule has 1 aromatic carbocycles. The van der Waals surface area contributed by atoms with Crippen molar-refractivity contribution >= 4 is 17.8 Å². The summed E-state index contributed by atoms with van der Waals surface area (Å²) in [6.45, 7) is 1.94. The predicted molar refractivity (Wildman–Crippen MR) is 86.2 cm³/mol. The molecule has 2 rings (SSSR count). The fraction of sp³-hybridized carbons (Fsp3) is 0.176. The lowest BCUT2D eigenvalue weighted by Crippen LogP contribution is -2.09. The van der Waals surface area contributed by atoms with E-state index in [9.17, 15) is 4.79 Å². The predicted octanol–water partition coefficient (Wildman–Crippen LogP) is 3.06. The first-order chi connectivity index (χ1) is 10.6. The Hall–Kier alpha value is -2.82. The van der Waals surface area contributed by atoms with Crippen molar-refractivity contribution < 1.29 is 14.3 Å². The van der Waals surface area contributed by atoms with E-state index in [1.165, 1.54) is 6.08 Å². The lowest BCUT2D eigenvalue weighted by molar-refractivity contribution is -0.111. The van der Waals surface area contributed by atoms with E-state index in [1.54, 1.807) is 38.6 Å². The molecule has 0 atom stereocenters. The Bertz CT molecular complexity index is 696. The number of hydrogen-bond acceptors (Lipinski definition) is 4. The second-order valence-electron chi connectivity index (χ2n) is 4.66. The molecule has 22 heavy (non-hydrogen) atoms. The summed E-state index contributed by atoms with van der Waals surface area (Å²) in [6, 6.07) is 9.11. The number of anilines is 1. The monoisotopic (exact) mass is 298 g/mol. The van der Waals surface area contributed by atoms with Crippen LogP contribution in [0.25, 0.3) is 6.08 Å². The van der Waals surface area contributed by atoms with Gasteiger partial charge in [-0.05, 0) is 48.4 Å². The number of benzene rings is 1. The lowest BCUT2D eigenvalue weighted by Gasteiger charge is -2.07. The van der Waals surface area contributed by atoms with Gasteiger partial charge in [-0.3, -0.25) is 4.79 Å². The molecule has 0 fully saturated rings. The van der Waals surface area contributed by atoms with E-state index >= 15 is 0 Å². The highest BCUT2D eigenvalue weighted by molar-refractivity contribution is 6.01. The Morgan fingerprint density at radius 1 is 1.14 bits per heavy atom. The summed E-state index contributed by atoms with van der Waals surface area (Å²) < 4.78 is 10.4. The molecule has 0 spiro atoms. The van der Waals surface area contributed by atoms with Gasteiger partial charge in [0.1, 0.15) is 5.82 Å². The highest BCUT2D eigenvalue weighted by Crippen LogP contribution is 2.27. The van der Waals surface area contributed by atoms with Gasteiger partial charge in [0.05, 0.1) is 14.2 Å². The van der Waals surface area contributed by atoms with Gasteiger partial charge in [0.2, 0.25) is 5.91 Å². The third-order valence-corrected chi connectivity index (χ3v) is 3.00. The zero-order valence-corrected chi connectivity index (χ0v) is 12.8. The molecule has 2 aromatic rings. The summed E-state index contributed by atoms with van der Waals surface area (Å²) in [4.78, 5) is 16.0. The Labute approximate surface area is 129 Å². The number of nitrogens with one attached hydrogen (secondary N) is 1. The molecule has 0 saturated carbocycles. The minimum atomic E-state index is -0.243. The van der Waals surface area contributed by atoms with Gasteiger partial charge in [-0.2, -0.15) is 0 Å². The van der Waals surface area contributed by atoms with Crippen molar-refractivity contribution in [3.63, 3.8) is 0 Å². The van der Waals surface area contributed by atoms with Crippen molar-refractivity contribution in [2.24, 2.45) is 0 Å². The van der Waals surface area contributed by atoms with E-state index in [2.05, 4.69) is 10.3 Å². The van der Waals surface area contributed by atoms with Gasteiger partial charge in [-0.15, -0.1) is 0 Å². The fourth-order valence-electron chi connectivity index (χ4n) is 1.90. The van der Waals surface area contributed by atoms with Crippen LogP contribution in [0.2, 0.25) is 0 Å². The summed E-state index contributed by atoms with van der Waals surface area (Å²) in [5.41, 5.74) is 1.87. The standard InChI is InChI=1S/C17H18N2O3/c1-12-8-9-18-16(10-12)19-17(20)7-5-13-4-6-14(21-2)15(11-13)22-3/h4-11H,1-3H3,(H,18,19,20)/b7-5+. The Balaban J connectivity index is 2.06. The number of hydrogen-bond donors (Lipinski definition) is 1. The Kier molecular flexibility index (Phi) is 5.14. The normalized spacial score (nSPS) is 10.5. The number of pyridine rings is 1. The number of amides is 1. The fourth-order valence-corrected chi connectivity index (χ4v) is 1.90. The van der Waals surface area contributed by atoms with Crippen LogP contribution in [-0.2, 0) is 4.79 Å². The smallest absolute Gasteiger partial charge is 0.249 e. The number of carbonyl (C=O) groups is 1. The van der Waals surface area contributed by atoms with Crippen molar-refractivity contribution in [2.75, 3.05) is 19.5 Å². The van der Waals surface area contributed by atoms with E-state index in [0.717, 1.165) is 11.1 Å². The zero-order valence-electron chi connectivity index (χ0n) is 12.8. The minimum absolute atomic E-state index is 0.243. The molecule has 1 aromatic heterocycles. The van der Waals surface area contributed by atoms with Crippen molar-refractivity contribution in [3.05, 3.63) is 53.7 Å². The second kappa shape index (κ2) is 7.26. The topological polar surface area (TPSA) is 60.5 Å². The first-order valence-electron chi connectivity index (χ1n) is 6.76. The molecule has 0 aliphatic heterocycles. The van der Waals surface area contributed by atoms with Gasteiger partial charge in [0.15, 0.2) is 11.5 Å². The second-order valence-corrected chi connectivity index (χ2v) is 4.66. The summed E-state index contributed by atoms with van der Waals surface area (Å²) in [5, 5.41) is 2.71. The molecule has 1 amide bonds. The molecule has 5 heteroatoms. The third-order valence-electron chi connectivity index (χ3n) is 3.00. The van der Waals surface area contributed by atoms with E-state index < -0.39 is 0 Å². The maximum absolute atomic E-state index is 11.9. The molecule has 5 nitrogen and oxygen atoms in total. The number of ether oxygens (including phenoxy) is 2. The Morgan fingerprint density at radius 3 is 2.59 bits per heavy atom. The van der Waals surface area contributed by atoms with Crippen LogP contribution in [0.3, 0.4) is 0 Å². The van der Waals surface area contributed by atoms with Crippen LogP contribution < -0.4 is 14.8 Å². The van der Waals surface area contributed by atoms with E-state index in [1.807, 2.05) is 25.1 Å². The number of aryl methyl sites for hydroxylation is 1. The molecular formula is C17H18N2O3. The van der Waals surface area contributed by atoms with Gasteiger partial charge in [0, 0.05) is 12.3 Å². The van der Waals surface area contributed by atoms with E-state index in [4.69, 9.17) is 9.47 Å². The Morgan fingerprint density at radius 2 is 1.91 bits per heavy atom. The average Bonchev–Trinajstić information content (AvgIpc) is 2.52. The molecule has 0 bridgehead atoms. The lowest BCUT2D eigenvalue weighted by atomic mass is 10.2. The van der Waals surface area contributed by atoms with E-state index in [-0.39, 0.29) is 5.91 Å². The molecule has 0 aliphatic rings. The van der Waals surface area contributed by atoms with Crippen LogP contribution in [0.5, 0.6) is 11.5 Å². The first kappa shape index (κ1) is 15.6. The molecular weight excluding hydrogens is 280 g/mol. The molecule has 114 valence electrons. The number of methoxy groups -OCH3 is 2. The third kappa shape index (κ3) is 4.09. The molecule has 1 heterocycles. The number of carbonyl (C=O) groups excluding carboxylic acids is 1.